The summed E-state index contributed by atoms with van der Waals surface area (Å²) in [4.78, 5) is 38.9. The van der Waals surface area contributed by atoms with Crippen molar-refractivity contribution in [3.05, 3.63) is 51.2 Å². The lowest BCUT2D eigenvalue weighted by atomic mass is 10.2. The fraction of sp³-hybridized carbons (Fsp3) is 0.633. The third kappa shape index (κ3) is 7.46. The van der Waals surface area contributed by atoms with Crippen molar-refractivity contribution >= 4 is 27.9 Å². The summed E-state index contributed by atoms with van der Waals surface area (Å²) in [6.07, 6.45) is 1.86. The van der Waals surface area contributed by atoms with Gasteiger partial charge < -0.3 is 24.2 Å². The Morgan fingerprint density at radius 1 is 0.930 bits per heavy atom. The number of fused-ring (bicyclic) bond motifs is 1. The van der Waals surface area contributed by atoms with Crippen molar-refractivity contribution in [3.8, 4) is 0 Å². The third-order valence-corrected chi connectivity index (χ3v) is 9.83. The van der Waals surface area contributed by atoms with Gasteiger partial charge in [-0.3, -0.25) is 23.0 Å². The number of ether oxygens (including phenoxy) is 1. The Labute approximate surface area is 254 Å². The monoisotopic (exact) mass is 615 g/mol. The number of aryl methyl sites for hydroxylation is 1. The van der Waals surface area contributed by atoms with Crippen LogP contribution in [-0.2, 0) is 35.7 Å². The second-order valence-corrected chi connectivity index (χ2v) is 13.0. The molecule has 2 atom stereocenters. The SMILES string of the molecule is CCCCn1c(=O)n(C)c(=O)c2c1nc(N1CCOCC1)n2CC(O)CN1CCN(CCCS(=O)c2ccccc2)CC1. The molecule has 12 nitrogen and oxygen atoms in total. The second kappa shape index (κ2) is 14.8. The van der Waals surface area contributed by atoms with Crippen LogP contribution in [0.25, 0.3) is 11.2 Å². The molecular formula is C30H45N7O5S. The van der Waals surface area contributed by atoms with Gasteiger partial charge in [-0.25, -0.2) is 4.79 Å². The number of rotatable bonds is 13. The van der Waals surface area contributed by atoms with Gasteiger partial charge in [0.1, 0.15) is 0 Å². The highest BCUT2D eigenvalue weighted by Gasteiger charge is 2.27. The largest absolute Gasteiger partial charge is 0.390 e. The minimum atomic E-state index is -0.972. The zero-order chi connectivity index (χ0) is 30.3. The molecule has 1 N–H and O–H groups in total. The molecule has 1 aromatic carbocycles. The summed E-state index contributed by atoms with van der Waals surface area (Å²) >= 11 is 0. The summed E-state index contributed by atoms with van der Waals surface area (Å²) in [7, 11) is 0.536. The van der Waals surface area contributed by atoms with E-state index in [4.69, 9.17) is 9.72 Å². The highest BCUT2D eigenvalue weighted by Crippen LogP contribution is 2.22. The molecule has 3 aromatic rings. The van der Waals surface area contributed by atoms with E-state index in [1.54, 1.807) is 4.57 Å². The van der Waals surface area contributed by atoms with Crippen molar-refractivity contribution in [2.75, 3.05) is 76.2 Å². The number of morpholine rings is 1. The van der Waals surface area contributed by atoms with E-state index < -0.39 is 22.5 Å². The van der Waals surface area contributed by atoms with Crippen molar-refractivity contribution in [1.82, 2.24) is 28.5 Å². The van der Waals surface area contributed by atoms with Crippen LogP contribution in [0.1, 0.15) is 26.2 Å². The number of piperazine rings is 1. The Hall–Kier alpha value is -2.84. The number of aromatic nitrogens is 4. The van der Waals surface area contributed by atoms with E-state index in [9.17, 15) is 18.9 Å². The van der Waals surface area contributed by atoms with E-state index in [0.717, 1.165) is 61.4 Å². The van der Waals surface area contributed by atoms with Crippen molar-refractivity contribution in [1.29, 1.82) is 0 Å². The molecule has 0 bridgehead atoms. The highest BCUT2D eigenvalue weighted by atomic mass is 32.2. The van der Waals surface area contributed by atoms with Crippen molar-refractivity contribution in [3.63, 3.8) is 0 Å². The van der Waals surface area contributed by atoms with E-state index in [0.29, 0.717) is 62.3 Å². The fourth-order valence-electron chi connectivity index (χ4n) is 5.91. The first-order valence-electron chi connectivity index (χ1n) is 15.5. The van der Waals surface area contributed by atoms with Gasteiger partial charge >= 0.3 is 5.69 Å². The maximum Gasteiger partial charge on any atom is 0.332 e. The van der Waals surface area contributed by atoms with Crippen LogP contribution in [0, 0.1) is 0 Å². The van der Waals surface area contributed by atoms with Crippen LogP contribution in [-0.4, -0.2) is 115 Å². The summed E-state index contributed by atoms with van der Waals surface area (Å²) in [6, 6.07) is 9.61. The van der Waals surface area contributed by atoms with Crippen LogP contribution in [0.4, 0.5) is 5.95 Å². The minimum absolute atomic E-state index is 0.204. The standard InChI is InChI=1S/C30H45N7O5S/c1-3-4-12-36-27-26(28(39)32(2)30(36)40)37(29(31-27)35-17-19-42-20-18-35)23-24(38)22-34-15-13-33(14-16-34)11-8-21-43(41)25-9-6-5-7-10-25/h5-7,9-10,24,38H,3-4,8,11-23H2,1-2H3. The van der Waals surface area contributed by atoms with Crippen LogP contribution < -0.4 is 16.1 Å². The molecule has 0 aliphatic carbocycles. The van der Waals surface area contributed by atoms with Gasteiger partial charge in [0.2, 0.25) is 5.95 Å². The zero-order valence-electron chi connectivity index (χ0n) is 25.4. The molecule has 0 amide bonds. The maximum atomic E-state index is 13.4. The highest BCUT2D eigenvalue weighted by molar-refractivity contribution is 7.85. The molecule has 43 heavy (non-hydrogen) atoms. The van der Waals surface area contributed by atoms with E-state index in [1.165, 1.54) is 7.05 Å². The lowest BCUT2D eigenvalue weighted by molar-refractivity contribution is 0.0649. The van der Waals surface area contributed by atoms with Gasteiger partial charge in [0, 0.05) is 70.1 Å². The number of aliphatic hydroxyl groups excluding tert-OH is 1. The normalized spacial score (nSPS) is 18.3. The number of anilines is 1. The number of β-amino-alcohol motifs (C(OH)–C–C–N with tert-alkyl or cyclic N) is 1. The number of imidazole rings is 1. The van der Waals surface area contributed by atoms with Crippen molar-refractivity contribution in [2.24, 2.45) is 7.05 Å². The van der Waals surface area contributed by atoms with Crippen molar-refractivity contribution < 1.29 is 14.1 Å². The van der Waals surface area contributed by atoms with Crippen LogP contribution in [0.2, 0.25) is 0 Å². The van der Waals surface area contributed by atoms with E-state index in [2.05, 4.69) is 21.6 Å². The first-order valence-corrected chi connectivity index (χ1v) is 16.8. The molecule has 2 aliphatic rings. The molecule has 0 saturated carbocycles. The number of aliphatic hydroxyl groups is 1. The average Bonchev–Trinajstić information content (AvgIpc) is 3.40. The van der Waals surface area contributed by atoms with Gasteiger partial charge in [-0.05, 0) is 31.5 Å². The summed E-state index contributed by atoms with van der Waals surface area (Å²) < 4.78 is 22.6. The summed E-state index contributed by atoms with van der Waals surface area (Å²) in [5, 5.41) is 11.3. The van der Waals surface area contributed by atoms with E-state index in [1.807, 2.05) is 34.9 Å². The third-order valence-electron chi connectivity index (χ3n) is 8.38. The van der Waals surface area contributed by atoms with Gasteiger partial charge in [-0.1, -0.05) is 31.5 Å². The molecule has 5 rings (SSSR count). The average molecular weight is 616 g/mol. The number of hydrogen-bond donors (Lipinski definition) is 1. The molecule has 13 heteroatoms. The van der Waals surface area contributed by atoms with E-state index in [-0.39, 0.29) is 12.2 Å². The van der Waals surface area contributed by atoms with Gasteiger partial charge in [0.15, 0.2) is 11.2 Å². The van der Waals surface area contributed by atoms with Gasteiger partial charge in [-0.15, -0.1) is 0 Å². The van der Waals surface area contributed by atoms with E-state index >= 15 is 0 Å². The molecule has 2 unspecified atom stereocenters. The molecule has 0 spiro atoms. The maximum absolute atomic E-state index is 13.4. The first kappa shape index (κ1) is 31.6. The molecule has 2 fully saturated rings. The summed E-state index contributed by atoms with van der Waals surface area (Å²) in [5.41, 5.74) is -0.0175. The van der Waals surface area contributed by atoms with Crippen LogP contribution in [0.5, 0.6) is 0 Å². The predicted molar refractivity (Wildman–Crippen MR) is 168 cm³/mol. The Kier molecular flexibility index (Phi) is 10.8. The first-order chi connectivity index (χ1) is 20.9. The number of unbranched alkanes of at least 4 members (excludes halogenated alkanes) is 1. The number of hydrogen-bond acceptors (Lipinski definition) is 9. The number of benzene rings is 1. The van der Waals surface area contributed by atoms with Crippen LogP contribution in [0.15, 0.2) is 44.8 Å². The smallest absolute Gasteiger partial charge is 0.332 e. The molecule has 0 radical (unpaired) electrons. The predicted octanol–water partition coefficient (Wildman–Crippen LogP) is 0.710. The molecule has 2 saturated heterocycles. The molecule has 236 valence electrons. The summed E-state index contributed by atoms with van der Waals surface area (Å²) in [6.45, 7) is 9.93. The van der Waals surface area contributed by atoms with Crippen molar-refractivity contribution in [2.45, 2.75) is 50.3 Å². The van der Waals surface area contributed by atoms with Gasteiger partial charge in [0.05, 0.1) is 36.7 Å². The Morgan fingerprint density at radius 3 is 2.33 bits per heavy atom. The molecular weight excluding hydrogens is 570 g/mol. The van der Waals surface area contributed by atoms with Crippen LogP contribution in [0.3, 0.4) is 0 Å². The lowest BCUT2D eigenvalue weighted by Crippen LogP contribution is -2.49. The topological polar surface area (TPSA) is 118 Å². The quantitative estimate of drug-likeness (QED) is 0.297. The minimum Gasteiger partial charge on any atom is -0.390 e. The van der Waals surface area contributed by atoms with Gasteiger partial charge in [0.25, 0.3) is 5.56 Å². The Morgan fingerprint density at radius 2 is 1.63 bits per heavy atom. The fourth-order valence-corrected chi connectivity index (χ4v) is 7.00. The van der Waals surface area contributed by atoms with Crippen LogP contribution >= 0.6 is 0 Å². The number of nitrogens with zero attached hydrogens (tertiary/aromatic N) is 7. The van der Waals surface area contributed by atoms with Gasteiger partial charge in [-0.2, -0.15) is 4.98 Å². The lowest BCUT2D eigenvalue weighted by Gasteiger charge is -2.36. The molecule has 2 aromatic heterocycles. The Balaban J connectivity index is 1.24. The molecule has 2 aliphatic heterocycles. The molecule has 4 heterocycles. The zero-order valence-corrected chi connectivity index (χ0v) is 26.2. The summed E-state index contributed by atoms with van der Waals surface area (Å²) in [5.74, 6) is 1.25. The second-order valence-electron chi connectivity index (χ2n) is 11.5. The Bertz CT molecular complexity index is 1490.